The lowest BCUT2D eigenvalue weighted by atomic mass is 9.90. The summed E-state index contributed by atoms with van der Waals surface area (Å²) >= 11 is 0. The maximum atomic E-state index is 12.6. The zero-order valence-corrected chi connectivity index (χ0v) is 14.3. The van der Waals surface area contributed by atoms with Gasteiger partial charge in [-0.3, -0.25) is 9.89 Å². The van der Waals surface area contributed by atoms with Gasteiger partial charge in [0.1, 0.15) is 5.69 Å². The molecule has 0 radical (unpaired) electrons. The molecule has 0 saturated carbocycles. The molecule has 0 spiro atoms. The van der Waals surface area contributed by atoms with E-state index in [9.17, 15) is 4.79 Å². The Bertz CT molecular complexity index is 848. The van der Waals surface area contributed by atoms with Crippen LogP contribution < -0.4 is 0 Å². The van der Waals surface area contributed by atoms with Gasteiger partial charge in [-0.05, 0) is 37.5 Å². The van der Waals surface area contributed by atoms with Crippen LogP contribution in [0.15, 0.2) is 48.8 Å². The highest BCUT2D eigenvalue weighted by Crippen LogP contribution is 2.33. The number of amides is 1. The zero-order valence-electron chi connectivity index (χ0n) is 14.3. The first kappa shape index (κ1) is 15.7. The molecular weight excluding hydrogens is 312 g/mol. The van der Waals surface area contributed by atoms with Crippen molar-refractivity contribution in [2.75, 3.05) is 13.1 Å². The first-order valence-electron chi connectivity index (χ1n) is 8.75. The summed E-state index contributed by atoms with van der Waals surface area (Å²) in [5.74, 6) is 0.359. The number of carbonyl (C=O) groups excluding carboxylic acids is 1. The van der Waals surface area contributed by atoms with Crippen LogP contribution >= 0.6 is 0 Å². The predicted molar refractivity (Wildman–Crippen MR) is 97.4 cm³/mol. The van der Waals surface area contributed by atoms with Gasteiger partial charge in [0.25, 0.3) is 5.91 Å². The van der Waals surface area contributed by atoms with E-state index < -0.39 is 0 Å². The number of aromatic nitrogens is 3. The minimum Gasteiger partial charge on any atom is -0.357 e. The molecule has 128 valence electrons. The van der Waals surface area contributed by atoms with E-state index in [4.69, 9.17) is 0 Å². The number of rotatable bonds is 3. The number of piperidine rings is 1. The Hall–Kier alpha value is -2.82. The largest absolute Gasteiger partial charge is 0.357 e. The van der Waals surface area contributed by atoms with E-state index in [2.05, 4.69) is 46.4 Å². The van der Waals surface area contributed by atoms with E-state index in [-0.39, 0.29) is 11.8 Å². The fraction of sp³-hybridized carbons (Fsp3) is 0.300. The van der Waals surface area contributed by atoms with E-state index in [1.807, 2.05) is 23.2 Å². The summed E-state index contributed by atoms with van der Waals surface area (Å²) in [5.41, 5.74) is 5.34. The summed E-state index contributed by atoms with van der Waals surface area (Å²) in [7, 11) is 0. The van der Waals surface area contributed by atoms with Gasteiger partial charge >= 0.3 is 0 Å². The first-order chi connectivity index (χ1) is 12.2. The van der Waals surface area contributed by atoms with E-state index in [0.717, 1.165) is 37.2 Å². The normalized spacial score (nSPS) is 17.6. The van der Waals surface area contributed by atoms with Crippen LogP contribution in [-0.2, 0) is 0 Å². The topological polar surface area (TPSA) is 64.8 Å². The van der Waals surface area contributed by atoms with E-state index in [1.165, 1.54) is 11.1 Å². The maximum Gasteiger partial charge on any atom is 0.270 e. The zero-order chi connectivity index (χ0) is 17.2. The van der Waals surface area contributed by atoms with Crippen LogP contribution in [0.25, 0.3) is 11.1 Å². The molecule has 0 bridgehead atoms. The predicted octanol–water partition coefficient (Wildman–Crippen LogP) is 3.73. The number of likely N-dealkylation sites (tertiary alicyclic amines) is 1. The minimum absolute atomic E-state index is 0.0751. The number of nitrogens with zero attached hydrogens (tertiary/aromatic N) is 2. The Morgan fingerprint density at radius 2 is 2.08 bits per heavy atom. The number of aromatic amines is 2. The summed E-state index contributed by atoms with van der Waals surface area (Å²) in [6.45, 7) is 3.62. The van der Waals surface area contributed by atoms with Crippen LogP contribution in [0.5, 0.6) is 0 Å². The van der Waals surface area contributed by atoms with Crippen molar-refractivity contribution in [1.82, 2.24) is 20.1 Å². The molecule has 1 amide bonds. The summed E-state index contributed by atoms with van der Waals surface area (Å²) in [5, 5.41) is 7.47. The van der Waals surface area contributed by atoms with Gasteiger partial charge in [0, 0.05) is 36.5 Å². The number of carbonyl (C=O) groups is 1. The highest BCUT2D eigenvalue weighted by Gasteiger charge is 2.28. The quantitative estimate of drug-likeness (QED) is 0.766. The fourth-order valence-electron chi connectivity index (χ4n) is 3.60. The molecule has 0 aliphatic carbocycles. The Morgan fingerprint density at radius 3 is 2.84 bits per heavy atom. The number of aryl methyl sites for hydroxylation is 1. The number of hydrogen-bond acceptors (Lipinski definition) is 2. The van der Waals surface area contributed by atoms with E-state index >= 15 is 0 Å². The molecule has 1 aliphatic heterocycles. The molecular formula is C20H22N4O. The number of nitrogens with one attached hydrogen (secondary N) is 2. The molecule has 1 fully saturated rings. The van der Waals surface area contributed by atoms with Gasteiger partial charge in [0.2, 0.25) is 0 Å². The average Bonchev–Trinajstić information content (AvgIpc) is 3.34. The SMILES string of the molecule is Cc1ccc(-c2cn[nH]c2[C@@H]2CCCN(C(=O)c3ccc[nH]3)C2)cc1. The van der Waals surface area contributed by atoms with Crippen LogP contribution in [0, 0.1) is 6.92 Å². The number of H-pyrrole nitrogens is 2. The summed E-state index contributed by atoms with van der Waals surface area (Å²) < 4.78 is 0. The van der Waals surface area contributed by atoms with Crippen molar-refractivity contribution in [3.8, 4) is 11.1 Å². The van der Waals surface area contributed by atoms with Gasteiger partial charge in [-0.25, -0.2) is 0 Å². The van der Waals surface area contributed by atoms with Gasteiger partial charge in [0.15, 0.2) is 0 Å². The standard InChI is InChI=1S/C20H22N4O/c1-14-6-8-15(9-7-14)17-12-22-23-19(17)16-4-3-11-24(13-16)20(25)18-5-2-10-21-18/h2,5-10,12,16,21H,3-4,11,13H2,1H3,(H,22,23)/t16-/m1/s1. The molecule has 4 rings (SSSR count). The van der Waals surface area contributed by atoms with Crippen molar-refractivity contribution in [2.45, 2.75) is 25.7 Å². The number of hydrogen-bond donors (Lipinski definition) is 2. The molecule has 2 aromatic heterocycles. The molecule has 2 N–H and O–H groups in total. The molecule has 1 aliphatic rings. The number of benzene rings is 1. The molecule has 3 heterocycles. The molecule has 25 heavy (non-hydrogen) atoms. The molecule has 1 atom stereocenters. The summed E-state index contributed by atoms with van der Waals surface area (Å²) in [6, 6.07) is 12.2. The second-order valence-corrected chi connectivity index (χ2v) is 6.74. The average molecular weight is 334 g/mol. The molecule has 3 aromatic rings. The lowest BCUT2D eigenvalue weighted by Crippen LogP contribution is -2.39. The van der Waals surface area contributed by atoms with E-state index in [1.54, 1.807) is 6.20 Å². The van der Waals surface area contributed by atoms with Gasteiger partial charge in [-0.15, -0.1) is 0 Å². The van der Waals surface area contributed by atoms with Gasteiger partial charge in [-0.1, -0.05) is 29.8 Å². The second-order valence-electron chi connectivity index (χ2n) is 6.74. The lowest BCUT2D eigenvalue weighted by molar-refractivity contribution is 0.0700. The maximum absolute atomic E-state index is 12.6. The molecule has 0 unspecified atom stereocenters. The molecule has 5 heteroatoms. The van der Waals surface area contributed by atoms with Gasteiger partial charge in [0.05, 0.1) is 6.20 Å². The molecule has 1 aromatic carbocycles. The third kappa shape index (κ3) is 3.09. The Labute approximate surface area is 147 Å². The van der Waals surface area contributed by atoms with Crippen molar-refractivity contribution in [3.63, 3.8) is 0 Å². The van der Waals surface area contributed by atoms with E-state index in [0.29, 0.717) is 5.69 Å². The molecule has 5 nitrogen and oxygen atoms in total. The summed E-state index contributed by atoms with van der Waals surface area (Å²) in [4.78, 5) is 17.6. The minimum atomic E-state index is 0.0751. The van der Waals surface area contributed by atoms with Crippen molar-refractivity contribution in [1.29, 1.82) is 0 Å². The van der Waals surface area contributed by atoms with Gasteiger partial charge < -0.3 is 9.88 Å². The van der Waals surface area contributed by atoms with Crippen LogP contribution in [0.4, 0.5) is 0 Å². The summed E-state index contributed by atoms with van der Waals surface area (Å²) in [6.07, 6.45) is 5.75. The lowest BCUT2D eigenvalue weighted by Gasteiger charge is -2.32. The van der Waals surface area contributed by atoms with Crippen molar-refractivity contribution >= 4 is 5.91 Å². The van der Waals surface area contributed by atoms with Crippen LogP contribution in [0.2, 0.25) is 0 Å². The first-order valence-corrected chi connectivity index (χ1v) is 8.75. The second kappa shape index (κ2) is 6.59. The van der Waals surface area contributed by atoms with Crippen LogP contribution in [0.1, 0.15) is 40.5 Å². The Balaban J connectivity index is 1.57. The van der Waals surface area contributed by atoms with Crippen molar-refractivity contribution in [2.24, 2.45) is 0 Å². The van der Waals surface area contributed by atoms with Crippen molar-refractivity contribution < 1.29 is 4.79 Å². The monoisotopic (exact) mass is 334 g/mol. The van der Waals surface area contributed by atoms with Gasteiger partial charge in [-0.2, -0.15) is 5.10 Å². The third-order valence-corrected chi connectivity index (χ3v) is 4.98. The molecule has 1 saturated heterocycles. The van der Waals surface area contributed by atoms with Crippen LogP contribution in [0.3, 0.4) is 0 Å². The smallest absolute Gasteiger partial charge is 0.270 e. The van der Waals surface area contributed by atoms with Crippen LogP contribution in [-0.4, -0.2) is 39.1 Å². The Kier molecular flexibility index (Phi) is 4.14. The third-order valence-electron chi connectivity index (χ3n) is 4.98. The highest BCUT2D eigenvalue weighted by atomic mass is 16.2. The fourth-order valence-corrected chi connectivity index (χ4v) is 3.60. The Morgan fingerprint density at radius 1 is 1.24 bits per heavy atom. The van der Waals surface area contributed by atoms with Crippen molar-refractivity contribution in [3.05, 3.63) is 65.7 Å². The highest BCUT2D eigenvalue weighted by molar-refractivity contribution is 5.92.